The van der Waals surface area contributed by atoms with Crippen LogP contribution < -0.4 is 10.4 Å². The monoisotopic (exact) mass is 766 g/mol. The lowest BCUT2D eigenvalue weighted by Crippen LogP contribution is -2.48. The highest BCUT2D eigenvalue weighted by Gasteiger charge is 2.30. The molecule has 0 atom stereocenters. The Labute approximate surface area is 305 Å². The van der Waals surface area contributed by atoms with Crippen molar-refractivity contribution in [1.82, 2.24) is 0 Å². The smallest absolute Gasteiger partial charge is 0.0773 e. The summed E-state index contributed by atoms with van der Waals surface area (Å²) in [6.45, 7) is 9.61. The van der Waals surface area contributed by atoms with Crippen molar-refractivity contribution < 1.29 is 0 Å². The fraction of sp³-hybridized carbons (Fsp3) is 0.471. The van der Waals surface area contributed by atoms with Crippen LogP contribution in [-0.2, 0) is 5.75 Å². The molecule has 0 N–H and O–H groups in total. The minimum absolute atomic E-state index is 0.521. The third kappa shape index (κ3) is 11.8. The summed E-state index contributed by atoms with van der Waals surface area (Å²) in [5, 5.41) is 3.14. The van der Waals surface area contributed by atoms with Crippen LogP contribution in [0.3, 0.4) is 0 Å². The summed E-state index contributed by atoms with van der Waals surface area (Å²) < 4.78 is 9.14. The largest absolute Gasteiger partial charge is 0.121 e. The highest BCUT2D eigenvalue weighted by Crippen LogP contribution is 2.66. The van der Waals surface area contributed by atoms with Gasteiger partial charge in [-0.15, -0.1) is 47.0 Å². The van der Waals surface area contributed by atoms with Crippen LogP contribution in [0.5, 0.6) is 0 Å². The van der Waals surface area contributed by atoms with Crippen LogP contribution in [0.2, 0.25) is 13.1 Å². The molecule has 4 rings (SSSR count). The van der Waals surface area contributed by atoms with E-state index in [0.717, 1.165) is 5.75 Å². The first-order valence-electron chi connectivity index (χ1n) is 15.7. The molecule has 0 saturated heterocycles. The topological polar surface area (TPSA) is 0 Å². The second kappa shape index (κ2) is 21.1. The summed E-state index contributed by atoms with van der Waals surface area (Å²) in [5.41, 5.74) is 1.44. The van der Waals surface area contributed by atoms with Gasteiger partial charge in [0.1, 0.15) is 0 Å². The highest BCUT2D eigenvalue weighted by molar-refractivity contribution is 8.45. The lowest BCUT2D eigenvalue weighted by Gasteiger charge is -2.18. The summed E-state index contributed by atoms with van der Waals surface area (Å²) in [4.78, 5) is 0. The first-order chi connectivity index (χ1) is 21.5. The van der Waals surface area contributed by atoms with Crippen LogP contribution in [-0.4, -0.2) is 34.4 Å². The summed E-state index contributed by atoms with van der Waals surface area (Å²) >= 11 is 16.4. The molecule has 2 radical (unpaired) electrons. The Morgan fingerprint density at radius 2 is 1.02 bits per heavy atom. The van der Waals surface area contributed by atoms with Gasteiger partial charge in [-0.3, -0.25) is 0 Å². The average Bonchev–Trinajstić information content (AvgIpc) is 3.67. The summed E-state index contributed by atoms with van der Waals surface area (Å²) in [5.74, 6) is 3.56. The molecule has 0 aliphatic carbocycles. The summed E-state index contributed by atoms with van der Waals surface area (Å²) in [6.07, 6.45) is 13.0. The van der Waals surface area contributed by atoms with Gasteiger partial charge in [0.2, 0.25) is 0 Å². The zero-order valence-electron chi connectivity index (χ0n) is 26.7. The molecule has 0 bridgehead atoms. The van der Waals surface area contributed by atoms with Crippen molar-refractivity contribution in [2.45, 2.75) is 84.1 Å². The van der Waals surface area contributed by atoms with E-state index in [4.69, 9.17) is 0 Å². The number of hydrogen-bond donors (Lipinski definition) is 0. The van der Waals surface area contributed by atoms with Crippen molar-refractivity contribution in [3.63, 3.8) is 0 Å². The van der Waals surface area contributed by atoms with E-state index in [-0.39, 0.29) is 0 Å². The summed E-state index contributed by atoms with van der Waals surface area (Å²) in [7, 11) is -1.07. The molecule has 0 amide bonds. The Morgan fingerprint density at radius 1 is 0.545 bits per heavy atom. The molecule has 0 nitrogen and oxygen atoms in total. The molecular weight excluding hydrogens is 721 g/mol. The van der Waals surface area contributed by atoms with Crippen LogP contribution in [0.25, 0.3) is 0 Å². The second-order valence-corrected chi connectivity index (χ2v) is 28.6. The fourth-order valence-electron chi connectivity index (χ4n) is 4.61. The minimum atomic E-state index is -0.545. The molecule has 2 aliphatic heterocycles. The molecule has 0 fully saturated rings. The standard InChI is InChI=1S/C34H46S8Si2/c1-6-8-10-15-23-36-31-32(37-24-16-11-9-7-2)42-34(41-31)33-39-29(35-3)30(40-33)38-25-26-19-21-28(22-20-26)44(5)43(4)27-17-13-12-14-18-27/h12-14,17-22H,6-11,15-16,23-25H2,1-5H3. The maximum absolute atomic E-state index is 2.51. The van der Waals surface area contributed by atoms with Gasteiger partial charge in [-0.1, -0.05) is 177 Å². The lowest BCUT2D eigenvalue weighted by atomic mass is 10.2. The van der Waals surface area contributed by atoms with Crippen molar-refractivity contribution in [3.05, 3.63) is 85.6 Å². The van der Waals surface area contributed by atoms with Gasteiger partial charge in [-0.25, -0.2) is 0 Å². The normalized spacial score (nSPS) is 15.6. The van der Waals surface area contributed by atoms with Crippen LogP contribution in [0, 0.1) is 0 Å². The molecule has 10 heteroatoms. The van der Waals surface area contributed by atoms with Crippen LogP contribution >= 0.6 is 94.1 Å². The van der Waals surface area contributed by atoms with Gasteiger partial charge in [0.05, 0.1) is 42.1 Å². The van der Waals surface area contributed by atoms with E-state index >= 15 is 0 Å². The Bertz CT molecular complexity index is 1230. The van der Waals surface area contributed by atoms with Gasteiger partial charge in [-0.2, -0.15) is 0 Å². The number of hydrogen-bond acceptors (Lipinski definition) is 8. The molecule has 238 valence electrons. The van der Waals surface area contributed by atoms with Gasteiger partial charge in [0.25, 0.3) is 0 Å². The van der Waals surface area contributed by atoms with E-state index in [1.165, 1.54) is 85.4 Å². The average molecular weight is 767 g/mol. The van der Waals surface area contributed by atoms with Gasteiger partial charge in [0.15, 0.2) is 0 Å². The zero-order chi connectivity index (χ0) is 31.1. The zero-order valence-corrected chi connectivity index (χ0v) is 35.3. The van der Waals surface area contributed by atoms with Gasteiger partial charge in [-0.05, 0) is 36.2 Å². The van der Waals surface area contributed by atoms with E-state index in [2.05, 4.69) is 135 Å². The molecule has 0 spiro atoms. The fourth-order valence-corrected chi connectivity index (χ4v) is 22.1. The first-order valence-corrected chi connectivity index (χ1v) is 28.2. The predicted octanol–water partition coefficient (Wildman–Crippen LogP) is 12.7. The second-order valence-electron chi connectivity index (χ2n) is 10.8. The van der Waals surface area contributed by atoms with E-state index in [1.807, 2.05) is 47.0 Å². The predicted molar refractivity (Wildman–Crippen MR) is 225 cm³/mol. The molecule has 0 aromatic heterocycles. The third-order valence-corrected chi connectivity index (χ3v) is 27.7. The van der Waals surface area contributed by atoms with Crippen molar-refractivity contribution in [2.24, 2.45) is 0 Å². The van der Waals surface area contributed by atoms with E-state index < -0.39 is 16.6 Å². The van der Waals surface area contributed by atoms with Crippen molar-refractivity contribution in [2.75, 3.05) is 17.8 Å². The van der Waals surface area contributed by atoms with Gasteiger partial charge < -0.3 is 0 Å². The quantitative estimate of drug-likeness (QED) is 0.101. The number of benzene rings is 2. The van der Waals surface area contributed by atoms with Crippen molar-refractivity contribution >= 4 is 121 Å². The molecule has 2 heterocycles. The van der Waals surface area contributed by atoms with Crippen molar-refractivity contribution in [1.29, 1.82) is 0 Å². The van der Waals surface area contributed by atoms with Crippen LogP contribution in [0.15, 0.2) is 80.0 Å². The molecule has 2 aromatic carbocycles. The number of unbranched alkanes of at least 4 members (excludes halogenated alkanes) is 6. The Hall–Kier alpha value is 0.894. The number of rotatable bonds is 19. The Kier molecular flexibility index (Phi) is 18.1. The van der Waals surface area contributed by atoms with E-state index in [1.54, 1.807) is 18.8 Å². The van der Waals surface area contributed by atoms with Crippen LogP contribution in [0.4, 0.5) is 0 Å². The summed E-state index contributed by atoms with van der Waals surface area (Å²) in [6, 6.07) is 20.8. The SMILES string of the molecule is CCCCCCSC1=C(SCCCCCC)SC(=C2SC(SC)=C(SCc3ccc([Si](C)[Si](C)c4ccccc4)cc3)S2)S1. The third-order valence-electron chi connectivity index (χ3n) is 7.42. The minimum Gasteiger partial charge on any atom is -0.121 e. The highest BCUT2D eigenvalue weighted by atomic mass is 32.3. The van der Waals surface area contributed by atoms with Crippen LogP contribution in [0.1, 0.15) is 70.8 Å². The maximum Gasteiger partial charge on any atom is 0.0773 e. The Morgan fingerprint density at radius 3 is 1.52 bits per heavy atom. The molecule has 0 saturated carbocycles. The molecule has 44 heavy (non-hydrogen) atoms. The molecule has 2 aromatic rings. The molecule has 2 aliphatic rings. The van der Waals surface area contributed by atoms with Gasteiger partial charge >= 0.3 is 0 Å². The van der Waals surface area contributed by atoms with Gasteiger partial charge in [0, 0.05) is 5.75 Å². The number of thioether (sulfide) groups is 8. The maximum atomic E-state index is 2.51. The van der Waals surface area contributed by atoms with E-state index in [0.29, 0.717) is 0 Å². The lowest BCUT2D eigenvalue weighted by molar-refractivity contribution is 0.707. The Balaban J connectivity index is 1.33. The molecular formula is C34H46S8Si2. The molecule has 0 unspecified atom stereocenters. The van der Waals surface area contributed by atoms with E-state index in [9.17, 15) is 0 Å². The first kappa shape index (κ1) is 37.7. The van der Waals surface area contributed by atoms with Crippen molar-refractivity contribution in [3.8, 4) is 0 Å².